The van der Waals surface area contributed by atoms with Crippen LogP contribution in [-0.2, 0) is 0 Å². The van der Waals surface area contributed by atoms with E-state index in [1.165, 1.54) is 18.2 Å². The van der Waals surface area contributed by atoms with Crippen LogP contribution in [0.4, 0.5) is 11.4 Å². The molecule has 0 radical (unpaired) electrons. The number of rotatable bonds is 4. The minimum atomic E-state index is -1.55. The summed E-state index contributed by atoms with van der Waals surface area (Å²) in [5, 5.41) is 33.8. The third-order valence-corrected chi connectivity index (χ3v) is 2.40. The maximum absolute atomic E-state index is 10.9. The molecule has 1 heterocycles. The summed E-state index contributed by atoms with van der Waals surface area (Å²) in [6, 6.07) is 5.14. The van der Waals surface area contributed by atoms with Gasteiger partial charge in [-0.2, -0.15) is 5.10 Å². The lowest BCUT2D eigenvalue weighted by molar-refractivity contribution is -0.385. The van der Waals surface area contributed by atoms with Crippen LogP contribution >= 0.6 is 0 Å². The minimum Gasteiger partial charge on any atom is -0.476 e. The molecule has 1 N–H and O–H groups in total. The van der Waals surface area contributed by atoms with Crippen molar-refractivity contribution >= 4 is 17.3 Å². The van der Waals surface area contributed by atoms with Crippen LogP contribution in [0.2, 0.25) is 0 Å². The van der Waals surface area contributed by atoms with Gasteiger partial charge in [0.15, 0.2) is 0 Å². The first-order chi connectivity index (χ1) is 9.40. The van der Waals surface area contributed by atoms with E-state index in [2.05, 4.69) is 5.10 Å². The van der Waals surface area contributed by atoms with Gasteiger partial charge in [0.05, 0.1) is 15.5 Å². The number of carboxylic acids is 1. The Morgan fingerprint density at radius 3 is 2.45 bits per heavy atom. The van der Waals surface area contributed by atoms with E-state index in [0.717, 1.165) is 16.9 Å². The number of nitro benzene ring substituents is 1. The van der Waals surface area contributed by atoms with E-state index in [1.807, 2.05) is 0 Å². The molecular weight excluding hydrogens is 272 g/mol. The van der Waals surface area contributed by atoms with Crippen molar-refractivity contribution in [1.29, 1.82) is 0 Å². The summed E-state index contributed by atoms with van der Waals surface area (Å²) >= 11 is 0. The Hall–Kier alpha value is -3.30. The fraction of sp³-hybridized carbons (Fsp3) is 0. The van der Waals surface area contributed by atoms with Crippen LogP contribution in [0.5, 0.6) is 0 Å². The molecule has 2 aromatic rings. The maximum Gasteiger partial charge on any atom is 0.363 e. The highest BCUT2D eigenvalue weighted by Gasteiger charge is 2.25. The van der Waals surface area contributed by atoms with Crippen molar-refractivity contribution in [3.05, 3.63) is 56.4 Å². The lowest BCUT2D eigenvalue weighted by Crippen LogP contribution is -2.03. The average Bonchev–Trinajstić information content (AvgIpc) is 2.84. The van der Waals surface area contributed by atoms with E-state index in [0.29, 0.717) is 0 Å². The van der Waals surface area contributed by atoms with E-state index >= 15 is 0 Å². The third kappa shape index (κ3) is 2.29. The molecule has 0 saturated carbocycles. The number of hydrogen-bond acceptors (Lipinski definition) is 6. The van der Waals surface area contributed by atoms with Gasteiger partial charge >= 0.3 is 11.7 Å². The molecule has 0 amide bonds. The van der Waals surface area contributed by atoms with Gasteiger partial charge in [-0.3, -0.25) is 20.2 Å². The van der Waals surface area contributed by atoms with Gasteiger partial charge in [0.1, 0.15) is 6.20 Å². The zero-order chi connectivity index (χ0) is 14.9. The summed E-state index contributed by atoms with van der Waals surface area (Å²) in [5.41, 5.74) is -1.52. The molecule has 0 bridgehead atoms. The molecule has 0 unspecified atom stereocenters. The van der Waals surface area contributed by atoms with Gasteiger partial charge in [-0.05, 0) is 6.07 Å². The maximum atomic E-state index is 10.9. The molecule has 10 heteroatoms. The summed E-state index contributed by atoms with van der Waals surface area (Å²) in [6.07, 6.45) is 0.891. The molecule has 0 fully saturated rings. The number of hydrogen-bond donors (Lipinski definition) is 1. The fourth-order valence-electron chi connectivity index (χ4n) is 1.53. The molecular formula is C10H6N4O6. The Bertz CT molecular complexity index is 691. The zero-order valence-corrected chi connectivity index (χ0v) is 9.66. The van der Waals surface area contributed by atoms with Crippen LogP contribution in [0.1, 0.15) is 10.5 Å². The number of benzene rings is 1. The second-order valence-corrected chi connectivity index (χ2v) is 3.65. The van der Waals surface area contributed by atoms with Crippen molar-refractivity contribution in [2.24, 2.45) is 0 Å². The molecule has 0 atom stereocenters. The first-order valence-electron chi connectivity index (χ1n) is 5.12. The van der Waals surface area contributed by atoms with Gasteiger partial charge in [-0.15, -0.1) is 0 Å². The number of aromatic nitrogens is 2. The molecule has 10 nitrogen and oxygen atoms in total. The van der Waals surface area contributed by atoms with Crippen LogP contribution in [0.25, 0.3) is 5.69 Å². The molecule has 0 aliphatic rings. The molecule has 0 spiro atoms. The van der Waals surface area contributed by atoms with Crippen LogP contribution in [0.15, 0.2) is 30.5 Å². The normalized spacial score (nSPS) is 10.2. The van der Waals surface area contributed by atoms with Crippen molar-refractivity contribution in [2.75, 3.05) is 0 Å². The smallest absolute Gasteiger partial charge is 0.363 e. The van der Waals surface area contributed by atoms with Crippen LogP contribution < -0.4 is 0 Å². The molecule has 1 aromatic heterocycles. The quantitative estimate of drug-likeness (QED) is 0.657. The summed E-state index contributed by atoms with van der Waals surface area (Å²) < 4.78 is 0.911. The van der Waals surface area contributed by atoms with Gasteiger partial charge in [-0.1, -0.05) is 6.07 Å². The van der Waals surface area contributed by atoms with Crippen molar-refractivity contribution < 1.29 is 19.7 Å². The third-order valence-electron chi connectivity index (χ3n) is 2.40. The van der Waals surface area contributed by atoms with Crippen molar-refractivity contribution in [2.45, 2.75) is 0 Å². The average molecular weight is 278 g/mol. The number of nitrogens with zero attached hydrogens (tertiary/aromatic N) is 4. The van der Waals surface area contributed by atoms with E-state index in [-0.39, 0.29) is 11.4 Å². The van der Waals surface area contributed by atoms with E-state index < -0.39 is 27.2 Å². The Balaban J connectivity index is 2.56. The highest BCUT2D eigenvalue weighted by atomic mass is 16.6. The summed E-state index contributed by atoms with van der Waals surface area (Å²) in [5.74, 6) is -1.55. The first kappa shape index (κ1) is 13.1. The summed E-state index contributed by atoms with van der Waals surface area (Å²) in [7, 11) is 0. The van der Waals surface area contributed by atoms with Crippen molar-refractivity contribution in [1.82, 2.24) is 9.78 Å². The molecule has 20 heavy (non-hydrogen) atoms. The molecule has 102 valence electrons. The largest absolute Gasteiger partial charge is 0.476 e. The lowest BCUT2D eigenvalue weighted by atomic mass is 10.3. The Kier molecular flexibility index (Phi) is 3.13. The topological polar surface area (TPSA) is 141 Å². The standard InChI is InChI=1S/C10H6N4O6/c15-10(16)9-8(14(19)20)5-12(11-9)6-2-1-3-7(4-6)13(17)18/h1-5H,(H,15,16). The zero-order valence-electron chi connectivity index (χ0n) is 9.66. The second kappa shape index (κ2) is 4.76. The van der Waals surface area contributed by atoms with Gasteiger partial charge in [0.2, 0.25) is 5.69 Å². The van der Waals surface area contributed by atoms with Crippen LogP contribution in [0.3, 0.4) is 0 Å². The molecule has 2 rings (SSSR count). The number of aromatic carboxylic acids is 1. The lowest BCUT2D eigenvalue weighted by Gasteiger charge is -1.99. The Morgan fingerprint density at radius 2 is 1.95 bits per heavy atom. The van der Waals surface area contributed by atoms with Gasteiger partial charge in [0.25, 0.3) is 5.69 Å². The molecule has 0 aliphatic heterocycles. The predicted octanol–water partition coefficient (Wildman–Crippen LogP) is 1.39. The fourth-order valence-corrected chi connectivity index (χ4v) is 1.53. The van der Waals surface area contributed by atoms with E-state index in [4.69, 9.17) is 5.11 Å². The summed E-state index contributed by atoms with van der Waals surface area (Å²) in [4.78, 5) is 30.7. The number of carbonyl (C=O) groups is 1. The minimum absolute atomic E-state index is 0.148. The van der Waals surface area contributed by atoms with Crippen LogP contribution in [-0.4, -0.2) is 30.7 Å². The van der Waals surface area contributed by atoms with E-state index in [1.54, 1.807) is 0 Å². The molecule has 0 saturated heterocycles. The van der Waals surface area contributed by atoms with Crippen molar-refractivity contribution in [3.63, 3.8) is 0 Å². The molecule has 1 aromatic carbocycles. The Morgan fingerprint density at radius 1 is 1.25 bits per heavy atom. The number of nitro groups is 2. The van der Waals surface area contributed by atoms with Gasteiger partial charge < -0.3 is 5.11 Å². The molecule has 0 aliphatic carbocycles. The van der Waals surface area contributed by atoms with Crippen LogP contribution in [0, 0.1) is 20.2 Å². The Labute approximate surface area is 110 Å². The highest BCUT2D eigenvalue weighted by Crippen LogP contribution is 2.21. The van der Waals surface area contributed by atoms with E-state index in [9.17, 15) is 25.0 Å². The predicted molar refractivity (Wildman–Crippen MR) is 63.8 cm³/mol. The highest BCUT2D eigenvalue weighted by molar-refractivity contribution is 5.89. The number of carboxylic acid groups (broad SMARTS) is 1. The van der Waals surface area contributed by atoms with Gasteiger partial charge in [-0.25, -0.2) is 9.48 Å². The first-order valence-corrected chi connectivity index (χ1v) is 5.12. The number of non-ortho nitro benzene ring substituents is 1. The SMILES string of the molecule is O=C(O)c1nn(-c2cccc([N+](=O)[O-])c2)cc1[N+](=O)[O-]. The monoisotopic (exact) mass is 278 g/mol. The van der Waals surface area contributed by atoms with Crippen molar-refractivity contribution in [3.8, 4) is 5.69 Å². The summed E-state index contributed by atoms with van der Waals surface area (Å²) in [6.45, 7) is 0. The van der Waals surface area contributed by atoms with Gasteiger partial charge in [0, 0.05) is 12.1 Å². The second-order valence-electron chi connectivity index (χ2n) is 3.65.